The van der Waals surface area contributed by atoms with E-state index in [1.807, 2.05) is 52.1 Å². The highest BCUT2D eigenvalue weighted by atomic mass is 32.2. The molecule has 18 heavy (non-hydrogen) atoms. The van der Waals surface area contributed by atoms with Gasteiger partial charge in [-0.25, -0.2) is 4.79 Å². The number of aromatic nitrogens is 2. The van der Waals surface area contributed by atoms with Gasteiger partial charge in [-0.15, -0.1) is 0 Å². The third-order valence-corrected chi connectivity index (χ3v) is 4.10. The second kappa shape index (κ2) is 4.35. The van der Waals surface area contributed by atoms with Crippen LogP contribution < -0.4 is 5.69 Å². The first-order valence-electron chi connectivity index (χ1n) is 6.11. The molecule has 0 N–H and O–H groups in total. The summed E-state index contributed by atoms with van der Waals surface area (Å²) in [5.74, 6) is 1.17. The lowest BCUT2D eigenvalue weighted by Crippen LogP contribution is -2.26. The highest BCUT2D eigenvalue weighted by Crippen LogP contribution is 2.31. The molecule has 2 heterocycles. The standard InChI is InChI=1S/C14H16N2OS/c1-10(2)7-15-12-5-3-4-6-13(12)16(14(15)17)8-11-9-18-11/h3-6,11H,1,7-9H2,2H3/t11-/m1/s1. The molecule has 3 rings (SSSR count). The van der Waals surface area contributed by atoms with Crippen LogP contribution in [0.1, 0.15) is 6.92 Å². The quantitative estimate of drug-likeness (QED) is 0.624. The van der Waals surface area contributed by atoms with Crippen LogP contribution in [0.25, 0.3) is 11.0 Å². The molecule has 2 aromatic rings. The predicted octanol–water partition coefficient (Wildman–Crippen LogP) is 2.49. The maximum absolute atomic E-state index is 12.5. The molecule has 4 heteroatoms. The van der Waals surface area contributed by atoms with Crippen LogP contribution in [-0.2, 0) is 13.1 Å². The molecular formula is C14H16N2OS. The lowest BCUT2D eigenvalue weighted by atomic mass is 10.3. The number of allylic oxidation sites excluding steroid dienone is 1. The van der Waals surface area contributed by atoms with Gasteiger partial charge in [0.25, 0.3) is 0 Å². The topological polar surface area (TPSA) is 26.9 Å². The van der Waals surface area contributed by atoms with Gasteiger partial charge in [0.2, 0.25) is 0 Å². The molecule has 1 aliphatic heterocycles. The number of fused-ring (bicyclic) bond motifs is 1. The zero-order chi connectivity index (χ0) is 12.7. The molecule has 0 radical (unpaired) electrons. The summed E-state index contributed by atoms with van der Waals surface area (Å²) in [5.41, 5.74) is 3.14. The largest absolute Gasteiger partial charge is 0.329 e. The van der Waals surface area contributed by atoms with Gasteiger partial charge in [-0.05, 0) is 19.1 Å². The van der Waals surface area contributed by atoms with Crippen LogP contribution in [0.15, 0.2) is 41.2 Å². The van der Waals surface area contributed by atoms with Gasteiger partial charge in [0.15, 0.2) is 0 Å². The van der Waals surface area contributed by atoms with Crippen molar-refractivity contribution in [2.75, 3.05) is 5.75 Å². The summed E-state index contributed by atoms with van der Waals surface area (Å²) >= 11 is 1.92. The van der Waals surface area contributed by atoms with Gasteiger partial charge in [-0.3, -0.25) is 9.13 Å². The summed E-state index contributed by atoms with van der Waals surface area (Å²) in [5, 5.41) is 0.617. The third kappa shape index (κ3) is 2.01. The van der Waals surface area contributed by atoms with E-state index < -0.39 is 0 Å². The molecule has 1 aromatic heterocycles. The molecule has 1 saturated heterocycles. The van der Waals surface area contributed by atoms with Crippen LogP contribution >= 0.6 is 11.8 Å². The molecule has 0 bridgehead atoms. The van der Waals surface area contributed by atoms with E-state index in [9.17, 15) is 4.79 Å². The molecule has 0 spiro atoms. The monoisotopic (exact) mass is 260 g/mol. The van der Waals surface area contributed by atoms with Gasteiger partial charge >= 0.3 is 5.69 Å². The van der Waals surface area contributed by atoms with E-state index in [0.29, 0.717) is 11.8 Å². The minimum atomic E-state index is 0.0895. The zero-order valence-electron chi connectivity index (χ0n) is 10.4. The van der Waals surface area contributed by atoms with Gasteiger partial charge in [0.1, 0.15) is 0 Å². The summed E-state index contributed by atoms with van der Waals surface area (Å²) in [6.45, 7) is 7.29. The molecule has 0 amide bonds. The van der Waals surface area contributed by atoms with E-state index in [1.165, 1.54) is 5.75 Å². The number of imidazole rings is 1. The van der Waals surface area contributed by atoms with Crippen molar-refractivity contribution in [2.45, 2.75) is 25.3 Å². The molecule has 0 aliphatic carbocycles. The number of para-hydroxylation sites is 2. The average Bonchev–Trinajstić information content (AvgIpc) is 3.12. The second-order valence-corrected chi connectivity index (χ2v) is 6.21. The number of hydrogen-bond acceptors (Lipinski definition) is 2. The van der Waals surface area contributed by atoms with Crippen molar-refractivity contribution < 1.29 is 0 Å². The third-order valence-electron chi connectivity index (χ3n) is 3.14. The summed E-state index contributed by atoms with van der Waals surface area (Å²) < 4.78 is 3.73. The van der Waals surface area contributed by atoms with Crippen molar-refractivity contribution in [1.29, 1.82) is 0 Å². The number of rotatable bonds is 4. The highest BCUT2D eigenvalue weighted by molar-refractivity contribution is 8.06. The number of thioether (sulfide) groups is 1. The summed E-state index contributed by atoms with van der Waals surface area (Å²) in [7, 11) is 0. The Labute approximate surface area is 110 Å². The van der Waals surface area contributed by atoms with Crippen LogP contribution in [-0.4, -0.2) is 20.1 Å². The number of hydrogen-bond donors (Lipinski definition) is 0. The predicted molar refractivity (Wildman–Crippen MR) is 77.3 cm³/mol. The molecule has 1 fully saturated rings. The molecule has 1 aliphatic rings. The Bertz CT molecular complexity index is 664. The molecule has 0 saturated carbocycles. The molecule has 3 nitrogen and oxygen atoms in total. The lowest BCUT2D eigenvalue weighted by molar-refractivity contribution is 0.662. The molecule has 94 valence electrons. The van der Waals surface area contributed by atoms with Crippen LogP contribution in [0, 0.1) is 0 Å². The Morgan fingerprint density at radius 1 is 1.39 bits per heavy atom. The molecular weight excluding hydrogens is 244 g/mol. The van der Waals surface area contributed by atoms with Gasteiger partial charge in [-0.1, -0.05) is 24.3 Å². The van der Waals surface area contributed by atoms with Gasteiger partial charge in [0, 0.05) is 24.1 Å². The zero-order valence-corrected chi connectivity index (χ0v) is 11.2. The van der Waals surface area contributed by atoms with E-state index in [1.54, 1.807) is 0 Å². The summed E-state index contributed by atoms with van der Waals surface area (Å²) in [6, 6.07) is 8.01. The van der Waals surface area contributed by atoms with Gasteiger partial charge in [-0.2, -0.15) is 11.8 Å². The van der Waals surface area contributed by atoms with Crippen molar-refractivity contribution in [1.82, 2.24) is 9.13 Å². The first-order chi connectivity index (χ1) is 8.66. The van der Waals surface area contributed by atoms with E-state index in [2.05, 4.69) is 6.58 Å². The SMILES string of the molecule is C=C(C)Cn1c(=O)n(C[C@@H]2CS2)c2ccccc21. The first-order valence-corrected chi connectivity index (χ1v) is 7.16. The van der Waals surface area contributed by atoms with Crippen molar-refractivity contribution in [2.24, 2.45) is 0 Å². The number of nitrogens with zero attached hydrogens (tertiary/aromatic N) is 2. The Balaban J connectivity index is 2.18. The maximum atomic E-state index is 12.5. The van der Waals surface area contributed by atoms with Crippen molar-refractivity contribution in [3.8, 4) is 0 Å². The molecule has 1 aromatic carbocycles. The Hall–Kier alpha value is -1.42. The Morgan fingerprint density at radius 2 is 2.00 bits per heavy atom. The van der Waals surface area contributed by atoms with Crippen molar-refractivity contribution in [3.05, 3.63) is 46.9 Å². The summed E-state index contributed by atoms with van der Waals surface area (Å²) in [6.07, 6.45) is 0. The van der Waals surface area contributed by atoms with E-state index in [4.69, 9.17) is 0 Å². The smallest absolute Gasteiger partial charge is 0.291 e. The van der Waals surface area contributed by atoms with Crippen LogP contribution in [0.2, 0.25) is 0 Å². The average molecular weight is 260 g/mol. The fraction of sp³-hybridized carbons (Fsp3) is 0.357. The highest BCUT2D eigenvalue weighted by Gasteiger charge is 2.25. The van der Waals surface area contributed by atoms with E-state index in [0.717, 1.165) is 23.2 Å². The van der Waals surface area contributed by atoms with Crippen molar-refractivity contribution in [3.63, 3.8) is 0 Å². The van der Waals surface area contributed by atoms with Crippen LogP contribution in [0.3, 0.4) is 0 Å². The van der Waals surface area contributed by atoms with E-state index in [-0.39, 0.29) is 5.69 Å². The lowest BCUT2D eigenvalue weighted by Gasteiger charge is -2.01. The second-order valence-electron chi connectivity index (χ2n) is 4.88. The summed E-state index contributed by atoms with van der Waals surface area (Å²) in [4.78, 5) is 12.5. The maximum Gasteiger partial charge on any atom is 0.329 e. The molecule has 0 unspecified atom stereocenters. The fourth-order valence-corrected chi connectivity index (χ4v) is 2.74. The Kier molecular flexibility index (Phi) is 2.82. The normalized spacial score (nSPS) is 18.2. The van der Waals surface area contributed by atoms with E-state index >= 15 is 0 Å². The van der Waals surface area contributed by atoms with Gasteiger partial charge in [0.05, 0.1) is 11.0 Å². The van der Waals surface area contributed by atoms with Gasteiger partial charge < -0.3 is 0 Å². The Morgan fingerprint density at radius 3 is 2.56 bits per heavy atom. The minimum Gasteiger partial charge on any atom is -0.291 e. The van der Waals surface area contributed by atoms with Crippen molar-refractivity contribution >= 4 is 22.8 Å². The number of benzene rings is 1. The minimum absolute atomic E-state index is 0.0895. The molecule has 1 atom stereocenters. The first kappa shape index (κ1) is 11.7. The van der Waals surface area contributed by atoms with Crippen LogP contribution in [0.5, 0.6) is 0 Å². The van der Waals surface area contributed by atoms with Crippen LogP contribution in [0.4, 0.5) is 0 Å². The fourth-order valence-electron chi connectivity index (χ4n) is 2.25.